The van der Waals surface area contributed by atoms with E-state index in [0.717, 1.165) is 25.1 Å². The molecule has 1 rings (SSSR count). The van der Waals surface area contributed by atoms with Gasteiger partial charge >= 0.3 is 0 Å². The lowest BCUT2D eigenvalue weighted by molar-refractivity contribution is 0.321. The van der Waals surface area contributed by atoms with Crippen molar-refractivity contribution in [2.24, 2.45) is 5.73 Å². The predicted octanol–water partition coefficient (Wildman–Crippen LogP) is 3.15. The van der Waals surface area contributed by atoms with Crippen LogP contribution in [0.1, 0.15) is 33.6 Å². The summed E-state index contributed by atoms with van der Waals surface area (Å²) in [6, 6.07) is 4.92. The molecule has 1 aromatic rings. The molecule has 1 aromatic carbocycles. The van der Waals surface area contributed by atoms with Crippen molar-refractivity contribution < 1.29 is 9.13 Å². The molecule has 0 unspecified atom stereocenters. The SMILES string of the molecule is CCOc1ccc(NCCCC(C)(C)N)cc1F. The standard InChI is InChI=1S/C14H23FN2O/c1-4-18-13-7-6-11(10-12(13)15)17-9-5-8-14(2,3)16/h6-7,10,17H,4-5,8-9,16H2,1-3H3. The van der Waals surface area contributed by atoms with Crippen LogP contribution in [0.5, 0.6) is 5.75 Å². The molecule has 3 N–H and O–H groups in total. The zero-order valence-corrected chi connectivity index (χ0v) is 11.4. The van der Waals surface area contributed by atoms with E-state index in [9.17, 15) is 4.39 Å². The smallest absolute Gasteiger partial charge is 0.167 e. The van der Waals surface area contributed by atoms with Crippen molar-refractivity contribution in [1.82, 2.24) is 0 Å². The van der Waals surface area contributed by atoms with Crippen LogP contribution in [0.25, 0.3) is 0 Å². The van der Waals surface area contributed by atoms with Gasteiger partial charge in [0.05, 0.1) is 6.61 Å². The molecule has 0 atom stereocenters. The van der Waals surface area contributed by atoms with Crippen molar-refractivity contribution in [1.29, 1.82) is 0 Å². The Kier molecular flexibility index (Phi) is 5.41. The molecule has 0 aliphatic carbocycles. The van der Waals surface area contributed by atoms with Gasteiger partial charge in [0.25, 0.3) is 0 Å². The van der Waals surface area contributed by atoms with E-state index < -0.39 is 0 Å². The molecule has 0 aliphatic rings. The number of nitrogens with two attached hydrogens (primary N) is 1. The maximum atomic E-state index is 13.6. The summed E-state index contributed by atoms with van der Waals surface area (Å²) < 4.78 is 18.7. The molecule has 4 heteroatoms. The summed E-state index contributed by atoms with van der Waals surface area (Å²) in [5.41, 5.74) is 6.51. The van der Waals surface area contributed by atoms with Gasteiger partial charge in [-0.05, 0) is 45.7 Å². The zero-order chi connectivity index (χ0) is 13.6. The highest BCUT2D eigenvalue weighted by molar-refractivity contribution is 5.47. The Labute approximate surface area is 109 Å². The van der Waals surface area contributed by atoms with Crippen LogP contribution < -0.4 is 15.8 Å². The molecule has 0 aliphatic heterocycles. The molecule has 18 heavy (non-hydrogen) atoms. The summed E-state index contributed by atoms with van der Waals surface area (Å²) in [4.78, 5) is 0. The van der Waals surface area contributed by atoms with Crippen LogP contribution in [0, 0.1) is 5.82 Å². The van der Waals surface area contributed by atoms with Crippen molar-refractivity contribution in [2.75, 3.05) is 18.5 Å². The fourth-order valence-electron chi connectivity index (χ4n) is 1.66. The Bertz CT molecular complexity index is 375. The summed E-state index contributed by atoms with van der Waals surface area (Å²) >= 11 is 0. The average Bonchev–Trinajstić information content (AvgIpc) is 2.27. The molecule has 0 saturated heterocycles. The maximum absolute atomic E-state index is 13.6. The fraction of sp³-hybridized carbons (Fsp3) is 0.571. The molecule has 0 aromatic heterocycles. The lowest BCUT2D eigenvalue weighted by atomic mass is 10.0. The Morgan fingerprint density at radius 1 is 1.39 bits per heavy atom. The molecular weight excluding hydrogens is 231 g/mol. The Balaban J connectivity index is 2.41. The van der Waals surface area contributed by atoms with Crippen molar-refractivity contribution in [3.05, 3.63) is 24.0 Å². The van der Waals surface area contributed by atoms with Crippen LogP contribution in [0.2, 0.25) is 0 Å². The Morgan fingerprint density at radius 3 is 2.67 bits per heavy atom. The highest BCUT2D eigenvalue weighted by Crippen LogP contribution is 2.21. The van der Waals surface area contributed by atoms with Gasteiger partial charge in [-0.25, -0.2) is 4.39 Å². The Morgan fingerprint density at radius 2 is 2.11 bits per heavy atom. The van der Waals surface area contributed by atoms with Gasteiger partial charge in [0.1, 0.15) is 0 Å². The van der Waals surface area contributed by atoms with E-state index in [4.69, 9.17) is 10.5 Å². The molecular formula is C14H23FN2O. The molecule has 102 valence electrons. The number of hydrogen-bond acceptors (Lipinski definition) is 3. The highest BCUT2D eigenvalue weighted by atomic mass is 19.1. The number of benzene rings is 1. The second-order valence-corrected chi connectivity index (χ2v) is 5.10. The van der Waals surface area contributed by atoms with Crippen LogP contribution in [-0.2, 0) is 0 Å². The number of hydrogen-bond donors (Lipinski definition) is 2. The van der Waals surface area contributed by atoms with Gasteiger partial charge in [0.2, 0.25) is 0 Å². The highest BCUT2D eigenvalue weighted by Gasteiger charge is 2.09. The summed E-state index contributed by atoms with van der Waals surface area (Å²) in [6.07, 6.45) is 1.89. The van der Waals surface area contributed by atoms with Crippen molar-refractivity contribution in [2.45, 2.75) is 39.2 Å². The molecule has 0 amide bonds. The molecule has 0 saturated carbocycles. The predicted molar refractivity (Wildman–Crippen MR) is 73.6 cm³/mol. The van der Waals surface area contributed by atoms with E-state index in [-0.39, 0.29) is 11.4 Å². The fourth-order valence-corrected chi connectivity index (χ4v) is 1.66. The van der Waals surface area contributed by atoms with Crippen molar-refractivity contribution >= 4 is 5.69 Å². The van der Waals surface area contributed by atoms with Gasteiger partial charge in [-0.3, -0.25) is 0 Å². The van der Waals surface area contributed by atoms with Crippen molar-refractivity contribution in [3.8, 4) is 5.75 Å². The second kappa shape index (κ2) is 6.59. The van der Waals surface area contributed by atoms with Crippen LogP contribution in [-0.4, -0.2) is 18.7 Å². The minimum Gasteiger partial charge on any atom is -0.491 e. The van der Waals surface area contributed by atoms with Gasteiger partial charge in [0.15, 0.2) is 11.6 Å². The molecule has 0 fully saturated rings. The Hall–Kier alpha value is -1.29. The number of rotatable bonds is 7. The largest absolute Gasteiger partial charge is 0.491 e. The first-order chi connectivity index (χ1) is 8.42. The van der Waals surface area contributed by atoms with E-state index in [1.165, 1.54) is 6.07 Å². The minimum absolute atomic E-state index is 0.147. The third kappa shape index (κ3) is 5.36. The van der Waals surface area contributed by atoms with Crippen molar-refractivity contribution in [3.63, 3.8) is 0 Å². The lowest BCUT2D eigenvalue weighted by Crippen LogP contribution is -2.32. The van der Waals surface area contributed by atoms with E-state index >= 15 is 0 Å². The number of anilines is 1. The normalized spacial score (nSPS) is 11.4. The maximum Gasteiger partial charge on any atom is 0.167 e. The molecule has 0 bridgehead atoms. The van der Waals surface area contributed by atoms with E-state index in [2.05, 4.69) is 5.32 Å². The van der Waals surface area contributed by atoms with Gasteiger partial charge in [0, 0.05) is 23.8 Å². The first-order valence-corrected chi connectivity index (χ1v) is 6.37. The monoisotopic (exact) mass is 254 g/mol. The van der Waals surface area contributed by atoms with Crippen LogP contribution in [0.4, 0.5) is 10.1 Å². The third-order valence-corrected chi connectivity index (χ3v) is 2.56. The van der Waals surface area contributed by atoms with Gasteiger partial charge in [-0.2, -0.15) is 0 Å². The molecule has 0 heterocycles. The van der Waals surface area contributed by atoms with Crippen LogP contribution >= 0.6 is 0 Å². The van der Waals surface area contributed by atoms with Crippen LogP contribution in [0.15, 0.2) is 18.2 Å². The first kappa shape index (κ1) is 14.8. The minimum atomic E-state index is -0.332. The van der Waals surface area contributed by atoms with E-state index in [0.29, 0.717) is 12.4 Å². The van der Waals surface area contributed by atoms with Gasteiger partial charge < -0.3 is 15.8 Å². The molecule has 3 nitrogen and oxygen atoms in total. The molecule has 0 spiro atoms. The number of ether oxygens (including phenoxy) is 1. The summed E-state index contributed by atoms with van der Waals surface area (Å²) in [6.45, 7) is 7.09. The number of nitrogens with one attached hydrogen (secondary N) is 1. The van der Waals surface area contributed by atoms with E-state index in [1.54, 1.807) is 6.07 Å². The second-order valence-electron chi connectivity index (χ2n) is 5.10. The zero-order valence-electron chi connectivity index (χ0n) is 11.4. The topological polar surface area (TPSA) is 47.3 Å². The summed E-state index contributed by atoms with van der Waals surface area (Å²) in [7, 11) is 0. The molecule has 0 radical (unpaired) electrons. The average molecular weight is 254 g/mol. The third-order valence-electron chi connectivity index (χ3n) is 2.56. The quantitative estimate of drug-likeness (QED) is 0.735. The lowest BCUT2D eigenvalue weighted by Gasteiger charge is -2.18. The van der Waals surface area contributed by atoms with Crippen LogP contribution in [0.3, 0.4) is 0 Å². The van der Waals surface area contributed by atoms with Gasteiger partial charge in [-0.1, -0.05) is 0 Å². The van der Waals surface area contributed by atoms with E-state index in [1.807, 2.05) is 26.8 Å². The number of halogens is 1. The van der Waals surface area contributed by atoms with Gasteiger partial charge in [-0.15, -0.1) is 0 Å². The first-order valence-electron chi connectivity index (χ1n) is 6.37. The summed E-state index contributed by atoms with van der Waals surface area (Å²) in [5.74, 6) is -0.0350. The summed E-state index contributed by atoms with van der Waals surface area (Å²) in [5, 5.41) is 3.18.